The summed E-state index contributed by atoms with van der Waals surface area (Å²) in [6.45, 7) is 0.935. The van der Waals surface area contributed by atoms with Crippen LogP contribution >= 0.6 is 0 Å². The average molecular weight is 82.1 g/mol. The van der Waals surface area contributed by atoms with Crippen LogP contribution in [0.15, 0.2) is 4.99 Å². The van der Waals surface area contributed by atoms with Crippen LogP contribution in [0.1, 0.15) is 6.42 Å². The van der Waals surface area contributed by atoms with Crippen molar-refractivity contribution in [3.63, 3.8) is 0 Å². The second-order valence-electron chi connectivity index (χ2n) is 1.27. The van der Waals surface area contributed by atoms with Crippen LogP contribution in [0.3, 0.4) is 0 Å². The van der Waals surface area contributed by atoms with Crippen molar-refractivity contribution < 1.29 is 0 Å². The summed E-state index contributed by atoms with van der Waals surface area (Å²) in [6.07, 6.45) is 2.33. The maximum Gasteiger partial charge on any atom is 0.0542 e. The van der Waals surface area contributed by atoms with Crippen molar-refractivity contribution in [2.24, 2.45) is 4.99 Å². The lowest BCUT2D eigenvalue weighted by molar-refractivity contribution is 0.962. The Morgan fingerprint density at radius 3 is 2.50 bits per heavy atom. The van der Waals surface area contributed by atoms with Crippen molar-refractivity contribution in [2.75, 3.05) is 6.54 Å². The Balaban J connectivity index is 2.52. The summed E-state index contributed by atoms with van der Waals surface area (Å²) >= 11 is 0. The van der Waals surface area contributed by atoms with Gasteiger partial charge in [-0.15, -0.1) is 0 Å². The zero-order valence-electron chi connectivity index (χ0n) is 3.44. The summed E-state index contributed by atoms with van der Waals surface area (Å²) in [5.74, 6) is 0. The molecule has 0 saturated heterocycles. The fraction of sp³-hybridized carbons (Fsp3) is 0.500. The maximum atomic E-state index is 6.60. The van der Waals surface area contributed by atoms with Gasteiger partial charge in [-0.05, 0) is 0 Å². The SMILES string of the molecule is N=CC1=NCC1. The monoisotopic (exact) mass is 82.1 g/mol. The van der Waals surface area contributed by atoms with Crippen LogP contribution in [0.25, 0.3) is 0 Å². The fourth-order valence-corrected chi connectivity index (χ4v) is 0.359. The van der Waals surface area contributed by atoms with Gasteiger partial charge in [-0.3, -0.25) is 4.99 Å². The largest absolute Gasteiger partial charge is 0.307 e. The van der Waals surface area contributed by atoms with Crippen molar-refractivity contribution in [2.45, 2.75) is 6.42 Å². The molecule has 32 valence electrons. The zero-order valence-corrected chi connectivity index (χ0v) is 3.44. The quantitative estimate of drug-likeness (QED) is 0.447. The molecular weight excluding hydrogens is 76.1 g/mol. The van der Waals surface area contributed by atoms with Gasteiger partial charge >= 0.3 is 0 Å². The van der Waals surface area contributed by atoms with E-state index in [1.165, 1.54) is 6.21 Å². The second kappa shape index (κ2) is 1.20. The summed E-state index contributed by atoms with van der Waals surface area (Å²) in [5, 5.41) is 6.60. The zero-order chi connectivity index (χ0) is 4.41. The third-order valence-electron chi connectivity index (χ3n) is 0.849. The van der Waals surface area contributed by atoms with Crippen LogP contribution in [-0.2, 0) is 0 Å². The summed E-state index contributed by atoms with van der Waals surface area (Å²) in [6, 6.07) is 0. The highest BCUT2D eigenvalue weighted by atomic mass is 14.8. The Bertz CT molecular complexity index is 93.7. The molecule has 0 saturated carbocycles. The van der Waals surface area contributed by atoms with Gasteiger partial charge in [0.2, 0.25) is 0 Å². The number of aliphatic imine (C=N–C) groups is 1. The molecule has 0 spiro atoms. The van der Waals surface area contributed by atoms with Gasteiger partial charge in [0, 0.05) is 19.2 Å². The molecule has 0 fully saturated rings. The van der Waals surface area contributed by atoms with E-state index in [0.29, 0.717) is 0 Å². The maximum absolute atomic E-state index is 6.60. The van der Waals surface area contributed by atoms with E-state index in [1.807, 2.05) is 0 Å². The highest BCUT2D eigenvalue weighted by molar-refractivity contribution is 6.31. The second-order valence-corrected chi connectivity index (χ2v) is 1.27. The summed E-state index contributed by atoms with van der Waals surface area (Å²) < 4.78 is 0. The Hall–Kier alpha value is -0.660. The molecule has 0 aromatic carbocycles. The number of hydrogen-bond donors (Lipinski definition) is 1. The minimum absolute atomic E-state index is 0.935. The third kappa shape index (κ3) is 0.339. The molecule has 0 aromatic heterocycles. The Morgan fingerprint density at radius 2 is 2.50 bits per heavy atom. The molecule has 1 rings (SSSR count). The molecule has 2 nitrogen and oxygen atoms in total. The number of rotatable bonds is 1. The molecule has 1 heterocycles. The van der Waals surface area contributed by atoms with E-state index in [1.54, 1.807) is 0 Å². The number of hydrogen-bond acceptors (Lipinski definition) is 2. The molecular formula is C4H6N2. The molecule has 1 aliphatic rings. The molecule has 0 aromatic rings. The van der Waals surface area contributed by atoms with Crippen LogP contribution in [0, 0.1) is 5.41 Å². The average Bonchev–Trinajstić information content (AvgIpc) is 1.31. The lowest BCUT2D eigenvalue weighted by Crippen LogP contribution is -2.11. The van der Waals surface area contributed by atoms with Crippen LogP contribution in [0.5, 0.6) is 0 Å². The topological polar surface area (TPSA) is 36.2 Å². The van der Waals surface area contributed by atoms with Gasteiger partial charge in [-0.25, -0.2) is 0 Å². The van der Waals surface area contributed by atoms with Gasteiger partial charge < -0.3 is 5.41 Å². The first-order valence-corrected chi connectivity index (χ1v) is 1.97. The van der Waals surface area contributed by atoms with E-state index in [2.05, 4.69) is 4.99 Å². The van der Waals surface area contributed by atoms with E-state index in [-0.39, 0.29) is 0 Å². The standard InChI is InChI=1S/C4H6N2/c5-3-4-1-2-6-4/h3,5H,1-2H2. The van der Waals surface area contributed by atoms with E-state index >= 15 is 0 Å². The van der Waals surface area contributed by atoms with Crippen molar-refractivity contribution in [1.29, 1.82) is 5.41 Å². The van der Waals surface area contributed by atoms with Crippen molar-refractivity contribution in [3.05, 3.63) is 0 Å². The highest BCUT2D eigenvalue weighted by Gasteiger charge is 2.00. The van der Waals surface area contributed by atoms with Gasteiger partial charge in [0.15, 0.2) is 0 Å². The molecule has 0 unspecified atom stereocenters. The minimum atomic E-state index is 0.935. The number of nitrogens with one attached hydrogen (secondary N) is 1. The van der Waals surface area contributed by atoms with Crippen LogP contribution in [-0.4, -0.2) is 18.5 Å². The van der Waals surface area contributed by atoms with E-state index < -0.39 is 0 Å². The molecule has 1 aliphatic heterocycles. The molecule has 0 radical (unpaired) electrons. The molecule has 6 heavy (non-hydrogen) atoms. The summed E-state index contributed by atoms with van der Waals surface area (Å²) in [5.41, 5.74) is 0.940. The van der Waals surface area contributed by atoms with Crippen molar-refractivity contribution in [1.82, 2.24) is 0 Å². The number of nitrogens with zero attached hydrogens (tertiary/aromatic N) is 1. The first kappa shape index (κ1) is 3.53. The first-order chi connectivity index (χ1) is 2.93. The van der Waals surface area contributed by atoms with E-state index in [9.17, 15) is 0 Å². The summed E-state index contributed by atoms with van der Waals surface area (Å²) in [4.78, 5) is 3.86. The van der Waals surface area contributed by atoms with Gasteiger partial charge in [-0.2, -0.15) is 0 Å². The van der Waals surface area contributed by atoms with Gasteiger partial charge in [0.25, 0.3) is 0 Å². The van der Waals surface area contributed by atoms with E-state index in [4.69, 9.17) is 5.41 Å². The Labute approximate surface area is 36.4 Å². The van der Waals surface area contributed by atoms with Crippen molar-refractivity contribution in [3.8, 4) is 0 Å². The minimum Gasteiger partial charge on any atom is -0.307 e. The van der Waals surface area contributed by atoms with Gasteiger partial charge in [0.1, 0.15) is 0 Å². The molecule has 2 heteroatoms. The molecule has 0 aliphatic carbocycles. The van der Waals surface area contributed by atoms with Crippen LogP contribution in [0.2, 0.25) is 0 Å². The van der Waals surface area contributed by atoms with Gasteiger partial charge in [-0.1, -0.05) is 0 Å². The third-order valence-corrected chi connectivity index (χ3v) is 0.849. The van der Waals surface area contributed by atoms with Crippen molar-refractivity contribution >= 4 is 11.9 Å². The summed E-state index contributed by atoms with van der Waals surface area (Å²) in [7, 11) is 0. The highest BCUT2D eigenvalue weighted by Crippen LogP contribution is 1.95. The Kier molecular flexibility index (Phi) is 0.708. The Morgan fingerprint density at radius 1 is 1.83 bits per heavy atom. The first-order valence-electron chi connectivity index (χ1n) is 1.97. The van der Waals surface area contributed by atoms with E-state index in [0.717, 1.165) is 18.7 Å². The predicted octanol–water partition coefficient (Wildman–Crippen LogP) is 0.481. The fourth-order valence-electron chi connectivity index (χ4n) is 0.359. The normalized spacial score (nSPS) is 18.3. The lowest BCUT2D eigenvalue weighted by Gasteiger charge is -2.04. The molecule has 0 amide bonds. The molecule has 0 bridgehead atoms. The molecule has 0 atom stereocenters. The smallest absolute Gasteiger partial charge is 0.0542 e. The molecule has 1 N–H and O–H groups in total. The van der Waals surface area contributed by atoms with Crippen LogP contribution < -0.4 is 0 Å². The lowest BCUT2D eigenvalue weighted by atomic mass is 10.2. The van der Waals surface area contributed by atoms with Gasteiger partial charge in [0.05, 0.1) is 5.71 Å². The van der Waals surface area contributed by atoms with Crippen LogP contribution in [0.4, 0.5) is 0 Å². The predicted molar refractivity (Wildman–Crippen MR) is 25.7 cm³/mol.